The zero-order valence-electron chi connectivity index (χ0n) is 13.9. The van der Waals surface area contributed by atoms with E-state index in [1.807, 2.05) is 61.5 Å². The third-order valence-corrected chi connectivity index (χ3v) is 4.40. The van der Waals surface area contributed by atoms with E-state index in [0.717, 1.165) is 11.1 Å². The Balaban J connectivity index is 1.68. The van der Waals surface area contributed by atoms with Crippen molar-refractivity contribution in [1.82, 2.24) is 4.98 Å². The smallest absolute Gasteiger partial charge is 0.301 e. The van der Waals surface area contributed by atoms with Gasteiger partial charge in [0.2, 0.25) is 5.91 Å². The predicted octanol–water partition coefficient (Wildman–Crippen LogP) is 5.05. The second-order valence-electron chi connectivity index (χ2n) is 5.76. The fourth-order valence-electron chi connectivity index (χ4n) is 2.73. The first-order valence-corrected chi connectivity index (χ1v) is 8.59. The number of hydrogen-bond acceptors (Lipinski definition) is 3. The molecule has 0 saturated heterocycles. The van der Waals surface area contributed by atoms with Crippen LogP contribution in [0.1, 0.15) is 36.1 Å². The molecule has 0 bridgehead atoms. The van der Waals surface area contributed by atoms with E-state index in [-0.39, 0.29) is 17.8 Å². The highest BCUT2D eigenvalue weighted by Gasteiger charge is 2.20. The van der Waals surface area contributed by atoms with E-state index in [1.54, 1.807) is 6.20 Å². The molecule has 2 aromatic carbocycles. The number of nitrogens with one attached hydrogen (secondary N) is 1. The average molecular weight is 355 g/mol. The first kappa shape index (κ1) is 17.2. The molecule has 0 spiro atoms. The van der Waals surface area contributed by atoms with Gasteiger partial charge in [0.05, 0.1) is 12.1 Å². The van der Waals surface area contributed by atoms with Crippen LogP contribution in [0.5, 0.6) is 0 Å². The van der Waals surface area contributed by atoms with Crippen molar-refractivity contribution < 1.29 is 9.21 Å². The van der Waals surface area contributed by atoms with E-state index in [0.29, 0.717) is 23.6 Å². The van der Waals surface area contributed by atoms with Crippen LogP contribution in [0.2, 0.25) is 5.02 Å². The second kappa shape index (κ2) is 7.99. The summed E-state index contributed by atoms with van der Waals surface area (Å²) in [6.07, 6.45) is 2.84. The van der Waals surface area contributed by atoms with Crippen LogP contribution < -0.4 is 5.32 Å². The monoisotopic (exact) mass is 354 g/mol. The molecule has 1 atom stereocenters. The Morgan fingerprint density at radius 1 is 1.16 bits per heavy atom. The van der Waals surface area contributed by atoms with Gasteiger partial charge in [-0.2, -0.15) is 0 Å². The highest BCUT2D eigenvalue weighted by atomic mass is 35.5. The minimum atomic E-state index is -0.236. The van der Waals surface area contributed by atoms with Crippen LogP contribution in [0.3, 0.4) is 0 Å². The van der Waals surface area contributed by atoms with Crippen molar-refractivity contribution in [3.8, 4) is 0 Å². The Morgan fingerprint density at radius 2 is 1.88 bits per heavy atom. The van der Waals surface area contributed by atoms with Gasteiger partial charge in [0.15, 0.2) is 0 Å². The molecule has 0 fully saturated rings. The lowest BCUT2D eigenvalue weighted by Crippen LogP contribution is -2.20. The summed E-state index contributed by atoms with van der Waals surface area (Å²) in [5.41, 5.74) is 1.93. The summed E-state index contributed by atoms with van der Waals surface area (Å²) in [6.45, 7) is 1.98. The lowest BCUT2D eigenvalue weighted by molar-refractivity contribution is -0.117. The Kier molecular flexibility index (Phi) is 5.51. The van der Waals surface area contributed by atoms with Gasteiger partial charge in [0, 0.05) is 11.4 Å². The predicted molar refractivity (Wildman–Crippen MR) is 98.9 cm³/mol. The van der Waals surface area contributed by atoms with Gasteiger partial charge in [-0.15, -0.1) is 0 Å². The van der Waals surface area contributed by atoms with E-state index in [2.05, 4.69) is 10.3 Å². The molecule has 1 aromatic heterocycles. The largest absolute Gasteiger partial charge is 0.428 e. The third kappa shape index (κ3) is 4.28. The summed E-state index contributed by atoms with van der Waals surface area (Å²) >= 11 is 6.16. The summed E-state index contributed by atoms with van der Waals surface area (Å²) in [6, 6.07) is 17.5. The average Bonchev–Trinajstić information content (AvgIpc) is 3.05. The van der Waals surface area contributed by atoms with Crippen LogP contribution >= 0.6 is 11.6 Å². The number of anilines is 1. The summed E-state index contributed by atoms with van der Waals surface area (Å²) in [5, 5.41) is 3.44. The number of halogens is 1. The van der Waals surface area contributed by atoms with Crippen molar-refractivity contribution in [2.45, 2.75) is 25.7 Å². The Bertz CT molecular complexity index is 846. The molecule has 1 N–H and O–H groups in total. The normalized spacial score (nSPS) is 11.9. The summed E-state index contributed by atoms with van der Waals surface area (Å²) in [5.74, 6) is 0.288. The van der Waals surface area contributed by atoms with Gasteiger partial charge in [0.25, 0.3) is 0 Å². The quantitative estimate of drug-likeness (QED) is 0.673. The van der Waals surface area contributed by atoms with E-state index < -0.39 is 0 Å². The number of nitrogens with zero attached hydrogens (tertiary/aromatic N) is 1. The molecule has 0 aliphatic rings. The Hall–Kier alpha value is -2.59. The fraction of sp³-hybridized carbons (Fsp3) is 0.200. The topological polar surface area (TPSA) is 55.1 Å². The minimum Gasteiger partial charge on any atom is -0.428 e. The van der Waals surface area contributed by atoms with Crippen molar-refractivity contribution in [3.05, 3.63) is 82.7 Å². The van der Waals surface area contributed by atoms with Gasteiger partial charge in [-0.1, -0.05) is 67.1 Å². The van der Waals surface area contributed by atoms with Crippen molar-refractivity contribution in [1.29, 1.82) is 0 Å². The van der Waals surface area contributed by atoms with Crippen LogP contribution in [0.4, 0.5) is 6.01 Å². The van der Waals surface area contributed by atoms with Crippen LogP contribution in [-0.2, 0) is 11.2 Å². The molecular weight excluding hydrogens is 336 g/mol. The zero-order valence-corrected chi connectivity index (χ0v) is 14.7. The van der Waals surface area contributed by atoms with Crippen molar-refractivity contribution in [3.63, 3.8) is 0 Å². The maximum Gasteiger partial charge on any atom is 0.301 e. The zero-order chi connectivity index (χ0) is 17.6. The van der Waals surface area contributed by atoms with Gasteiger partial charge in [-0.3, -0.25) is 10.1 Å². The molecule has 0 radical (unpaired) electrons. The van der Waals surface area contributed by atoms with Gasteiger partial charge in [-0.25, -0.2) is 4.98 Å². The van der Waals surface area contributed by atoms with Crippen molar-refractivity contribution in [2.24, 2.45) is 0 Å². The molecule has 1 heterocycles. The molecule has 0 aliphatic heterocycles. The second-order valence-corrected chi connectivity index (χ2v) is 6.17. The SMILES string of the molecule is CCC(C(=O)Nc1ncc(Cc2ccccc2Cl)o1)c1ccccc1. The summed E-state index contributed by atoms with van der Waals surface area (Å²) in [7, 11) is 0. The lowest BCUT2D eigenvalue weighted by Gasteiger charge is -2.13. The summed E-state index contributed by atoms with van der Waals surface area (Å²) in [4.78, 5) is 16.7. The van der Waals surface area contributed by atoms with Crippen LogP contribution in [0.15, 0.2) is 65.2 Å². The van der Waals surface area contributed by atoms with Crippen LogP contribution in [0.25, 0.3) is 0 Å². The van der Waals surface area contributed by atoms with Crippen molar-refractivity contribution in [2.75, 3.05) is 5.32 Å². The number of hydrogen-bond donors (Lipinski definition) is 1. The molecule has 0 saturated carbocycles. The molecule has 0 aliphatic carbocycles. The minimum absolute atomic E-state index is 0.125. The van der Waals surface area contributed by atoms with Gasteiger partial charge in [-0.05, 0) is 23.6 Å². The number of rotatable bonds is 6. The highest BCUT2D eigenvalue weighted by molar-refractivity contribution is 6.31. The first-order valence-electron chi connectivity index (χ1n) is 8.21. The molecule has 1 amide bonds. The number of amides is 1. The number of oxazole rings is 1. The standard InChI is InChI=1S/C20H19ClN2O2/c1-2-17(14-8-4-3-5-9-14)19(24)23-20-22-13-16(25-20)12-15-10-6-7-11-18(15)21/h3-11,13,17H,2,12H2,1H3,(H,22,23,24). The van der Waals surface area contributed by atoms with Crippen molar-refractivity contribution >= 4 is 23.5 Å². The first-order chi connectivity index (χ1) is 12.2. The molecule has 3 rings (SSSR count). The maximum absolute atomic E-state index is 12.5. The Labute approximate surface area is 151 Å². The van der Waals surface area contributed by atoms with Crippen LogP contribution in [0, 0.1) is 0 Å². The molecule has 3 aromatic rings. The third-order valence-electron chi connectivity index (χ3n) is 4.03. The molecule has 1 unspecified atom stereocenters. The van der Waals surface area contributed by atoms with Gasteiger partial charge in [0.1, 0.15) is 5.76 Å². The molecule has 4 nitrogen and oxygen atoms in total. The molecule has 128 valence electrons. The van der Waals surface area contributed by atoms with Gasteiger partial charge >= 0.3 is 6.01 Å². The number of benzene rings is 2. The molecule has 5 heteroatoms. The summed E-state index contributed by atoms with van der Waals surface area (Å²) < 4.78 is 5.64. The fourth-order valence-corrected chi connectivity index (χ4v) is 2.93. The number of carbonyl (C=O) groups excluding carboxylic acids is 1. The highest BCUT2D eigenvalue weighted by Crippen LogP contribution is 2.23. The molecular formula is C20H19ClN2O2. The maximum atomic E-state index is 12.5. The van der Waals surface area contributed by atoms with Crippen LogP contribution in [-0.4, -0.2) is 10.9 Å². The van der Waals surface area contributed by atoms with E-state index in [1.165, 1.54) is 0 Å². The van der Waals surface area contributed by atoms with Gasteiger partial charge < -0.3 is 4.42 Å². The van der Waals surface area contributed by atoms with E-state index in [9.17, 15) is 4.79 Å². The Morgan fingerprint density at radius 3 is 2.60 bits per heavy atom. The number of carbonyl (C=O) groups is 1. The lowest BCUT2D eigenvalue weighted by atomic mass is 9.96. The number of aromatic nitrogens is 1. The van der Waals surface area contributed by atoms with E-state index in [4.69, 9.17) is 16.0 Å². The molecule has 25 heavy (non-hydrogen) atoms. The van der Waals surface area contributed by atoms with E-state index >= 15 is 0 Å².